The van der Waals surface area contributed by atoms with Gasteiger partial charge in [-0.15, -0.1) is 0 Å². The average Bonchev–Trinajstić information content (AvgIpc) is 2.30. The van der Waals surface area contributed by atoms with Crippen LogP contribution in [0.25, 0.3) is 12.2 Å². The third-order valence-electron chi connectivity index (χ3n) is 2.13. The van der Waals surface area contributed by atoms with Crippen molar-refractivity contribution in [3.63, 3.8) is 0 Å². The highest BCUT2D eigenvalue weighted by molar-refractivity contribution is 6.32. The van der Waals surface area contributed by atoms with Gasteiger partial charge in [-0.25, -0.2) is 4.39 Å². The van der Waals surface area contributed by atoms with Crippen LogP contribution in [0.5, 0.6) is 0 Å². The van der Waals surface area contributed by atoms with Gasteiger partial charge in [-0.3, -0.25) is 4.98 Å². The predicted octanol–water partition coefficient (Wildman–Crippen LogP) is 4.04. The number of halogens is 2. The van der Waals surface area contributed by atoms with Gasteiger partial charge in [0.2, 0.25) is 0 Å². The maximum Gasteiger partial charge on any atom is 0.131 e. The Balaban J connectivity index is 2.31. The van der Waals surface area contributed by atoms with Crippen molar-refractivity contribution >= 4 is 23.8 Å². The van der Waals surface area contributed by atoms with Gasteiger partial charge in [0.1, 0.15) is 5.82 Å². The SMILES string of the molecule is Fc1cccc(Cl)c1/C=C/c1cccnc1. The molecule has 0 aliphatic rings. The fourth-order valence-corrected chi connectivity index (χ4v) is 1.55. The van der Waals surface area contributed by atoms with Crippen molar-refractivity contribution in [3.8, 4) is 0 Å². The number of hydrogen-bond acceptors (Lipinski definition) is 1. The Kier molecular flexibility index (Phi) is 3.32. The maximum absolute atomic E-state index is 13.4. The van der Waals surface area contributed by atoms with Gasteiger partial charge in [0, 0.05) is 18.0 Å². The van der Waals surface area contributed by atoms with Crippen LogP contribution < -0.4 is 0 Å². The normalized spacial score (nSPS) is 10.9. The molecule has 0 saturated heterocycles. The molecular weight excluding hydrogens is 225 g/mol. The molecule has 3 heteroatoms. The summed E-state index contributed by atoms with van der Waals surface area (Å²) in [6.07, 6.45) is 6.81. The Morgan fingerprint density at radius 2 is 2.00 bits per heavy atom. The van der Waals surface area contributed by atoms with Crippen molar-refractivity contribution in [2.75, 3.05) is 0 Å². The predicted molar refractivity (Wildman–Crippen MR) is 64.6 cm³/mol. The molecule has 0 N–H and O–H groups in total. The lowest BCUT2D eigenvalue weighted by Crippen LogP contribution is -1.82. The van der Waals surface area contributed by atoms with E-state index in [9.17, 15) is 4.39 Å². The number of hydrogen-bond donors (Lipinski definition) is 0. The molecule has 0 radical (unpaired) electrons. The standard InChI is InChI=1S/C13H9ClFN/c14-12-4-1-5-13(15)11(12)7-6-10-3-2-8-16-9-10/h1-9H/b7-6+. The summed E-state index contributed by atoms with van der Waals surface area (Å²) in [4.78, 5) is 3.96. The van der Waals surface area contributed by atoms with Crippen LogP contribution in [0.1, 0.15) is 11.1 Å². The zero-order chi connectivity index (χ0) is 11.4. The highest BCUT2D eigenvalue weighted by atomic mass is 35.5. The van der Waals surface area contributed by atoms with Gasteiger partial charge in [-0.1, -0.05) is 29.8 Å². The molecule has 1 heterocycles. The van der Waals surface area contributed by atoms with Crippen LogP contribution >= 0.6 is 11.6 Å². The summed E-state index contributed by atoms with van der Waals surface area (Å²) >= 11 is 5.89. The third-order valence-corrected chi connectivity index (χ3v) is 2.46. The molecule has 0 unspecified atom stereocenters. The van der Waals surface area contributed by atoms with E-state index in [-0.39, 0.29) is 5.82 Å². The van der Waals surface area contributed by atoms with Crippen molar-refractivity contribution in [3.05, 3.63) is 64.7 Å². The summed E-state index contributed by atoms with van der Waals surface area (Å²) in [6.45, 7) is 0. The molecule has 2 aromatic rings. The van der Waals surface area contributed by atoms with Crippen molar-refractivity contribution in [1.82, 2.24) is 4.98 Å². The lowest BCUT2D eigenvalue weighted by Gasteiger charge is -1.99. The highest BCUT2D eigenvalue weighted by Crippen LogP contribution is 2.21. The lowest BCUT2D eigenvalue weighted by atomic mass is 10.1. The molecule has 0 fully saturated rings. The van der Waals surface area contributed by atoms with Crippen molar-refractivity contribution in [1.29, 1.82) is 0 Å². The Labute approximate surface area is 98.2 Å². The van der Waals surface area contributed by atoms with E-state index < -0.39 is 0 Å². The molecular formula is C13H9ClFN. The quantitative estimate of drug-likeness (QED) is 0.763. The van der Waals surface area contributed by atoms with Crippen LogP contribution in [-0.4, -0.2) is 4.98 Å². The summed E-state index contributed by atoms with van der Waals surface area (Å²) in [5.41, 5.74) is 1.30. The molecule has 0 aliphatic carbocycles. The zero-order valence-corrected chi connectivity index (χ0v) is 9.16. The molecule has 1 aromatic heterocycles. The van der Waals surface area contributed by atoms with E-state index in [1.54, 1.807) is 36.7 Å². The maximum atomic E-state index is 13.4. The van der Waals surface area contributed by atoms with Gasteiger partial charge in [0.15, 0.2) is 0 Å². The van der Waals surface area contributed by atoms with E-state index in [0.717, 1.165) is 5.56 Å². The van der Waals surface area contributed by atoms with E-state index >= 15 is 0 Å². The molecule has 0 atom stereocenters. The van der Waals surface area contributed by atoms with Gasteiger partial charge in [-0.2, -0.15) is 0 Å². The third kappa shape index (κ3) is 2.47. The summed E-state index contributed by atoms with van der Waals surface area (Å²) < 4.78 is 13.4. The average molecular weight is 234 g/mol. The fraction of sp³-hybridized carbons (Fsp3) is 0. The largest absolute Gasteiger partial charge is 0.264 e. The van der Waals surface area contributed by atoms with Gasteiger partial charge in [-0.05, 0) is 29.8 Å². The number of nitrogens with zero attached hydrogens (tertiary/aromatic N) is 1. The monoisotopic (exact) mass is 233 g/mol. The zero-order valence-electron chi connectivity index (χ0n) is 8.40. The lowest BCUT2D eigenvalue weighted by molar-refractivity contribution is 0.625. The smallest absolute Gasteiger partial charge is 0.131 e. The Morgan fingerprint density at radius 1 is 1.12 bits per heavy atom. The topological polar surface area (TPSA) is 12.9 Å². The van der Waals surface area contributed by atoms with Gasteiger partial charge < -0.3 is 0 Å². The second-order valence-electron chi connectivity index (χ2n) is 3.26. The first-order valence-corrected chi connectivity index (χ1v) is 5.17. The van der Waals surface area contributed by atoms with E-state index in [0.29, 0.717) is 10.6 Å². The highest BCUT2D eigenvalue weighted by Gasteiger charge is 2.02. The van der Waals surface area contributed by atoms with Gasteiger partial charge >= 0.3 is 0 Å². The molecule has 16 heavy (non-hydrogen) atoms. The Hall–Kier alpha value is -1.67. The molecule has 0 amide bonds. The summed E-state index contributed by atoms with van der Waals surface area (Å²) in [5.74, 6) is -0.326. The van der Waals surface area contributed by atoms with Gasteiger partial charge in [0.05, 0.1) is 5.02 Å². The Morgan fingerprint density at radius 3 is 2.69 bits per heavy atom. The second-order valence-corrected chi connectivity index (χ2v) is 3.66. The number of pyridine rings is 1. The van der Waals surface area contributed by atoms with Crippen molar-refractivity contribution in [2.24, 2.45) is 0 Å². The molecule has 0 spiro atoms. The molecule has 2 rings (SSSR count). The molecule has 80 valence electrons. The second kappa shape index (κ2) is 4.90. The molecule has 0 saturated carbocycles. The van der Waals surface area contributed by atoms with Crippen LogP contribution in [0.3, 0.4) is 0 Å². The summed E-state index contributed by atoms with van der Waals surface area (Å²) in [5, 5.41) is 0.403. The molecule has 0 bridgehead atoms. The molecule has 1 nitrogen and oxygen atoms in total. The van der Waals surface area contributed by atoms with E-state index in [2.05, 4.69) is 4.98 Å². The van der Waals surface area contributed by atoms with Crippen LogP contribution in [0, 0.1) is 5.82 Å². The fourth-order valence-electron chi connectivity index (χ4n) is 1.32. The van der Waals surface area contributed by atoms with Crippen LogP contribution in [0.4, 0.5) is 4.39 Å². The van der Waals surface area contributed by atoms with E-state index in [1.807, 2.05) is 12.1 Å². The van der Waals surface area contributed by atoms with Crippen LogP contribution in [-0.2, 0) is 0 Å². The minimum absolute atomic E-state index is 0.326. The van der Waals surface area contributed by atoms with Crippen molar-refractivity contribution in [2.45, 2.75) is 0 Å². The molecule has 1 aromatic carbocycles. The number of benzene rings is 1. The first-order chi connectivity index (χ1) is 7.77. The van der Waals surface area contributed by atoms with Crippen molar-refractivity contribution < 1.29 is 4.39 Å². The minimum atomic E-state index is -0.326. The van der Waals surface area contributed by atoms with Crippen LogP contribution in [0.2, 0.25) is 5.02 Å². The first-order valence-electron chi connectivity index (χ1n) is 4.79. The number of rotatable bonds is 2. The van der Waals surface area contributed by atoms with Crippen LogP contribution in [0.15, 0.2) is 42.7 Å². The first kappa shape index (κ1) is 10.8. The molecule has 0 aliphatic heterocycles. The van der Waals surface area contributed by atoms with E-state index in [4.69, 9.17) is 11.6 Å². The minimum Gasteiger partial charge on any atom is -0.264 e. The number of aromatic nitrogens is 1. The van der Waals surface area contributed by atoms with E-state index in [1.165, 1.54) is 6.07 Å². The summed E-state index contributed by atoms with van der Waals surface area (Å²) in [7, 11) is 0. The summed E-state index contributed by atoms with van der Waals surface area (Å²) in [6, 6.07) is 8.34. The van der Waals surface area contributed by atoms with Gasteiger partial charge in [0.25, 0.3) is 0 Å². The Bertz CT molecular complexity index is 488.